The minimum absolute atomic E-state index is 0.188. The summed E-state index contributed by atoms with van der Waals surface area (Å²) in [6, 6.07) is 5.30. The van der Waals surface area contributed by atoms with Gasteiger partial charge in [0, 0.05) is 25.0 Å². The minimum Gasteiger partial charge on any atom is -0.382 e. The van der Waals surface area contributed by atoms with Crippen LogP contribution in [-0.2, 0) is 11.8 Å². The second-order valence-corrected chi connectivity index (χ2v) is 9.79. The fourth-order valence-corrected chi connectivity index (χ4v) is 5.63. The zero-order valence-corrected chi connectivity index (χ0v) is 18.8. The third kappa shape index (κ3) is 3.98. The van der Waals surface area contributed by atoms with Gasteiger partial charge in [-0.1, -0.05) is 41.0 Å². The molecule has 0 amide bonds. The minimum atomic E-state index is -0.188. The Morgan fingerprint density at radius 1 is 1.31 bits per heavy atom. The molecule has 0 unspecified atom stereocenters. The molecule has 9 heteroatoms. The van der Waals surface area contributed by atoms with E-state index in [9.17, 15) is 4.79 Å². The lowest BCUT2D eigenvalue weighted by Gasteiger charge is -2.39. The molecular formula is C20H24Cl2N4O2S. The van der Waals surface area contributed by atoms with Gasteiger partial charge < -0.3 is 15.4 Å². The Labute approximate surface area is 184 Å². The van der Waals surface area contributed by atoms with Crippen LogP contribution in [0.25, 0.3) is 0 Å². The predicted molar refractivity (Wildman–Crippen MR) is 118 cm³/mol. The number of nitrogen functional groups attached to an aromatic ring is 1. The number of aromatic nitrogens is 2. The summed E-state index contributed by atoms with van der Waals surface area (Å²) >= 11 is 13.6. The smallest absolute Gasteiger partial charge is 0.270 e. The molecule has 3 heterocycles. The van der Waals surface area contributed by atoms with E-state index in [4.69, 9.17) is 33.7 Å². The summed E-state index contributed by atoms with van der Waals surface area (Å²) in [5.41, 5.74) is 6.27. The quantitative estimate of drug-likeness (QED) is 0.748. The lowest BCUT2D eigenvalue weighted by molar-refractivity contribution is 0.0974. The largest absolute Gasteiger partial charge is 0.382 e. The van der Waals surface area contributed by atoms with Crippen LogP contribution in [0.3, 0.4) is 0 Å². The summed E-state index contributed by atoms with van der Waals surface area (Å²) in [4.78, 5) is 20.8. The number of rotatable bonds is 3. The van der Waals surface area contributed by atoms with Crippen molar-refractivity contribution >= 4 is 46.7 Å². The van der Waals surface area contributed by atoms with Crippen LogP contribution in [0.4, 0.5) is 11.8 Å². The first-order chi connectivity index (χ1) is 13.8. The molecule has 156 valence electrons. The number of piperidine rings is 1. The molecule has 2 fully saturated rings. The van der Waals surface area contributed by atoms with Gasteiger partial charge in [-0.25, -0.2) is 0 Å². The van der Waals surface area contributed by atoms with E-state index in [-0.39, 0.29) is 16.8 Å². The standard InChI is InChI=1S/C20H24Cl2N4O2S/c1-12-10-20(11-28-12)6-8-26(9-7-20)19-24-17(23)16(18(27)25(19)2)29-14-5-3-4-13(21)15(14)22/h3-5,12H,6-11,23H2,1-2H3/t12-/m0/s1. The SMILES string of the molecule is C[C@H]1CC2(CCN(c3nc(N)c(Sc4cccc(Cl)c4Cl)c(=O)n3C)CC2)CO1. The molecule has 1 aromatic heterocycles. The Hall–Kier alpha value is -1.41. The second-order valence-electron chi connectivity index (χ2n) is 7.96. The average Bonchev–Trinajstić information content (AvgIpc) is 3.06. The first-order valence-corrected chi connectivity index (χ1v) is 11.2. The van der Waals surface area contributed by atoms with E-state index >= 15 is 0 Å². The number of benzene rings is 1. The highest BCUT2D eigenvalue weighted by molar-refractivity contribution is 7.99. The van der Waals surface area contributed by atoms with Gasteiger partial charge in [-0.3, -0.25) is 9.36 Å². The third-order valence-electron chi connectivity index (χ3n) is 5.88. The molecule has 4 rings (SSSR count). The van der Waals surface area contributed by atoms with Crippen molar-refractivity contribution in [3.05, 3.63) is 38.6 Å². The van der Waals surface area contributed by atoms with Gasteiger partial charge in [0.05, 0.1) is 22.8 Å². The molecule has 0 aliphatic carbocycles. The molecule has 2 aliphatic heterocycles. The van der Waals surface area contributed by atoms with Crippen LogP contribution in [0, 0.1) is 5.41 Å². The van der Waals surface area contributed by atoms with Crippen LogP contribution in [0.2, 0.25) is 10.0 Å². The Morgan fingerprint density at radius 2 is 2.03 bits per heavy atom. The summed E-state index contributed by atoms with van der Waals surface area (Å²) in [6.07, 6.45) is 3.49. The van der Waals surface area contributed by atoms with E-state index < -0.39 is 0 Å². The maximum Gasteiger partial charge on any atom is 0.270 e. The average molecular weight is 455 g/mol. The molecule has 2 aliphatic rings. The van der Waals surface area contributed by atoms with Gasteiger partial charge in [-0.05, 0) is 43.7 Å². The molecule has 1 atom stereocenters. The van der Waals surface area contributed by atoms with Crippen LogP contribution in [0.1, 0.15) is 26.2 Å². The molecule has 0 bridgehead atoms. The van der Waals surface area contributed by atoms with E-state index in [0.29, 0.717) is 31.9 Å². The number of hydrogen-bond acceptors (Lipinski definition) is 6. The molecule has 2 N–H and O–H groups in total. The molecule has 0 radical (unpaired) electrons. The number of halogens is 2. The van der Waals surface area contributed by atoms with Crippen molar-refractivity contribution in [2.24, 2.45) is 12.5 Å². The molecular weight excluding hydrogens is 431 g/mol. The van der Waals surface area contributed by atoms with E-state index in [1.165, 1.54) is 11.8 Å². The molecule has 2 aromatic rings. The fourth-order valence-electron chi connectivity index (χ4n) is 4.21. The zero-order valence-electron chi connectivity index (χ0n) is 16.5. The van der Waals surface area contributed by atoms with Crippen molar-refractivity contribution in [3.63, 3.8) is 0 Å². The first kappa shape index (κ1) is 20.8. The molecule has 0 saturated carbocycles. The van der Waals surface area contributed by atoms with Gasteiger partial charge in [-0.15, -0.1) is 0 Å². The Morgan fingerprint density at radius 3 is 2.69 bits per heavy atom. The summed E-state index contributed by atoms with van der Waals surface area (Å²) in [7, 11) is 1.73. The highest BCUT2D eigenvalue weighted by atomic mass is 35.5. The van der Waals surface area contributed by atoms with Crippen LogP contribution in [0.15, 0.2) is 32.8 Å². The number of nitrogens with two attached hydrogens (primary N) is 1. The van der Waals surface area contributed by atoms with Gasteiger partial charge >= 0.3 is 0 Å². The lowest BCUT2D eigenvalue weighted by Crippen LogP contribution is -2.43. The van der Waals surface area contributed by atoms with Crippen molar-refractivity contribution in [1.82, 2.24) is 9.55 Å². The normalized spacial score (nSPS) is 21.1. The van der Waals surface area contributed by atoms with E-state index in [1.54, 1.807) is 29.8 Å². The number of nitrogens with zero attached hydrogens (tertiary/aromatic N) is 3. The molecule has 29 heavy (non-hydrogen) atoms. The molecule has 1 spiro atoms. The summed E-state index contributed by atoms with van der Waals surface area (Å²) in [5, 5.41) is 0.836. The third-order valence-corrected chi connectivity index (χ3v) is 7.96. The highest BCUT2D eigenvalue weighted by Crippen LogP contribution is 2.43. The number of ether oxygens (including phenoxy) is 1. The zero-order chi connectivity index (χ0) is 20.8. The molecule has 2 saturated heterocycles. The summed E-state index contributed by atoms with van der Waals surface area (Å²) in [5.74, 6) is 0.818. The van der Waals surface area contributed by atoms with E-state index in [0.717, 1.165) is 39.0 Å². The van der Waals surface area contributed by atoms with Crippen molar-refractivity contribution in [2.45, 2.75) is 42.1 Å². The Balaban J connectivity index is 1.58. The van der Waals surface area contributed by atoms with Gasteiger partial charge in [0.1, 0.15) is 10.7 Å². The second kappa shape index (κ2) is 8.02. The van der Waals surface area contributed by atoms with Crippen molar-refractivity contribution in [3.8, 4) is 0 Å². The van der Waals surface area contributed by atoms with E-state index in [2.05, 4.69) is 16.8 Å². The van der Waals surface area contributed by atoms with Gasteiger partial charge in [0.2, 0.25) is 5.95 Å². The van der Waals surface area contributed by atoms with Crippen molar-refractivity contribution in [2.75, 3.05) is 30.3 Å². The van der Waals surface area contributed by atoms with Gasteiger partial charge in [-0.2, -0.15) is 4.98 Å². The van der Waals surface area contributed by atoms with E-state index in [1.807, 2.05) is 0 Å². The van der Waals surface area contributed by atoms with Crippen LogP contribution in [-0.4, -0.2) is 35.4 Å². The van der Waals surface area contributed by atoms with Crippen LogP contribution < -0.4 is 16.2 Å². The maximum atomic E-state index is 13.0. The molecule has 6 nitrogen and oxygen atoms in total. The maximum absolute atomic E-state index is 13.0. The summed E-state index contributed by atoms with van der Waals surface area (Å²) in [6.45, 7) is 4.63. The van der Waals surface area contributed by atoms with Crippen LogP contribution in [0.5, 0.6) is 0 Å². The van der Waals surface area contributed by atoms with Gasteiger partial charge in [0.15, 0.2) is 0 Å². The van der Waals surface area contributed by atoms with Crippen molar-refractivity contribution in [1.29, 1.82) is 0 Å². The fraction of sp³-hybridized carbons (Fsp3) is 0.500. The summed E-state index contributed by atoms with van der Waals surface area (Å²) < 4.78 is 7.38. The Bertz CT molecular complexity index is 989. The lowest BCUT2D eigenvalue weighted by atomic mass is 9.77. The first-order valence-electron chi connectivity index (χ1n) is 9.64. The highest BCUT2D eigenvalue weighted by Gasteiger charge is 2.41. The Kier molecular flexibility index (Phi) is 5.77. The molecule has 1 aromatic carbocycles. The number of hydrogen-bond donors (Lipinski definition) is 1. The monoisotopic (exact) mass is 454 g/mol. The number of anilines is 2. The van der Waals surface area contributed by atoms with Crippen LogP contribution >= 0.6 is 35.0 Å². The predicted octanol–water partition coefficient (Wildman–Crippen LogP) is 4.22. The van der Waals surface area contributed by atoms with Crippen molar-refractivity contribution < 1.29 is 4.74 Å². The topological polar surface area (TPSA) is 73.4 Å². The van der Waals surface area contributed by atoms with Gasteiger partial charge in [0.25, 0.3) is 5.56 Å².